The minimum atomic E-state index is -3.95. The summed E-state index contributed by atoms with van der Waals surface area (Å²) in [4.78, 5) is 24.0. The Bertz CT molecular complexity index is 1700. The monoisotopic (exact) mass is 585 g/mol. The Balaban J connectivity index is 1.27. The maximum Gasteiger partial charge on any atom is 0.283 e. The molecule has 4 aromatic rings. The van der Waals surface area contributed by atoms with Gasteiger partial charge in [0.1, 0.15) is 5.03 Å². The van der Waals surface area contributed by atoms with Crippen molar-refractivity contribution in [3.8, 4) is 0 Å². The number of oxime groups is 1. The molecule has 0 saturated carbocycles. The van der Waals surface area contributed by atoms with Crippen molar-refractivity contribution in [1.82, 2.24) is 45.1 Å². The van der Waals surface area contributed by atoms with Crippen molar-refractivity contribution in [2.45, 2.75) is 43.4 Å². The highest BCUT2D eigenvalue weighted by Crippen LogP contribution is 2.28. The number of benzene rings is 1. The number of hydrogen-bond acceptors (Lipinski definition) is 11. The van der Waals surface area contributed by atoms with Gasteiger partial charge in [0.15, 0.2) is 16.7 Å². The molecule has 210 valence electrons. The fourth-order valence-corrected chi connectivity index (χ4v) is 7.57. The summed E-state index contributed by atoms with van der Waals surface area (Å²) in [7, 11) is -3.95. The Kier molecular flexibility index (Phi) is 6.73. The summed E-state index contributed by atoms with van der Waals surface area (Å²) in [5, 5.41) is 30.3. The van der Waals surface area contributed by atoms with Crippen LogP contribution in [-0.2, 0) is 29.4 Å². The minimum Gasteiger partial charge on any atom is -0.409 e. The molecule has 5 heterocycles. The first-order valence-corrected chi connectivity index (χ1v) is 14.8. The van der Waals surface area contributed by atoms with Crippen LogP contribution in [0.4, 0.5) is 0 Å². The van der Waals surface area contributed by atoms with Crippen molar-refractivity contribution in [3.63, 3.8) is 0 Å². The number of rotatable bonds is 6. The quantitative estimate of drug-likeness (QED) is 0.0886. The van der Waals surface area contributed by atoms with E-state index in [4.69, 9.17) is 10.9 Å². The second kappa shape index (κ2) is 10.2. The Morgan fingerprint density at radius 2 is 2.15 bits per heavy atom. The summed E-state index contributed by atoms with van der Waals surface area (Å²) in [5.41, 5.74) is 7.59. The van der Waals surface area contributed by atoms with Gasteiger partial charge >= 0.3 is 0 Å². The molecule has 2 aliphatic rings. The first-order chi connectivity index (χ1) is 19.2. The Hall–Kier alpha value is -3.93. The normalized spacial score (nSPS) is 20.6. The lowest BCUT2D eigenvalue weighted by atomic mass is 10.1. The number of nitrogens with one attached hydrogen (secondary N) is 3. The molecule has 17 heteroatoms. The van der Waals surface area contributed by atoms with Crippen LogP contribution in [0, 0.1) is 0 Å². The van der Waals surface area contributed by atoms with Crippen LogP contribution in [0.15, 0.2) is 34.4 Å². The number of carbonyl (C=O) groups excluding carboxylic acids is 1. The molecule has 0 bridgehead atoms. The fraction of sp³-hybridized carbons (Fsp3) is 0.391. The van der Waals surface area contributed by atoms with Crippen LogP contribution >= 0.6 is 11.3 Å². The average Bonchev–Trinajstić information content (AvgIpc) is 3.71. The molecule has 2 aliphatic heterocycles. The van der Waals surface area contributed by atoms with Gasteiger partial charge < -0.3 is 26.1 Å². The number of fused-ring (bicyclic) bond motifs is 2. The number of piperazine rings is 1. The van der Waals surface area contributed by atoms with E-state index in [0.29, 0.717) is 33.8 Å². The average molecular weight is 586 g/mol. The van der Waals surface area contributed by atoms with Crippen molar-refractivity contribution < 1.29 is 18.4 Å². The molecule has 2 unspecified atom stereocenters. The van der Waals surface area contributed by atoms with Gasteiger partial charge in [0, 0.05) is 66.4 Å². The van der Waals surface area contributed by atoms with Crippen LogP contribution in [0.25, 0.3) is 10.9 Å². The van der Waals surface area contributed by atoms with E-state index in [9.17, 15) is 13.2 Å². The van der Waals surface area contributed by atoms with Crippen LogP contribution in [-0.4, -0.2) is 96.9 Å². The standard InChI is InChI=1S/C23H27N11O4S2/c1-12-6-17-18(10-25-12)39-22(27-17)23(35)34-5-4-33(11-15(34)9-19-28-31-32-29-19)40(37,38)20-8-13-2-3-14(21(24)30-36)7-16(13)26-20/h2-3,7-8,12,15,25-26,36H,4-6,9-11H2,1H3,(H2,24,30)(H,28,29,31,32). The maximum absolute atomic E-state index is 13.7. The zero-order valence-corrected chi connectivity index (χ0v) is 23.0. The predicted octanol–water partition coefficient (Wildman–Crippen LogP) is 0.0242. The molecule has 1 saturated heterocycles. The van der Waals surface area contributed by atoms with Crippen LogP contribution in [0.3, 0.4) is 0 Å². The predicted molar refractivity (Wildman–Crippen MR) is 144 cm³/mol. The largest absolute Gasteiger partial charge is 0.409 e. The SMILES string of the molecule is CC1Cc2nc(C(=O)N3CCN(S(=O)(=O)c4cc5ccc(/C(N)=N\O)cc5[nH]4)CC3Cc3nnn[nH]3)sc2CN1. The molecule has 40 heavy (non-hydrogen) atoms. The molecule has 15 nitrogen and oxygen atoms in total. The van der Waals surface area contributed by atoms with Crippen molar-refractivity contribution in [2.75, 3.05) is 19.6 Å². The number of aromatic nitrogens is 6. The molecular formula is C23H27N11O4S2. The Morgan fingerprint density at radius 1 is 1.30 bits per heavy atom. The summed E-state index contributed by atoms with van der Waals surface area (Å²) in [6, 6.07) is 6.25. The number of hydrogen-bond donors (Lipinski definition) is 5. The number of nitrogens with two attached hydrogens (primary N) is 1. The zero-order valence-electron chi connectivity index (χ0n) is 21.4. The highest BCUT2D eigenvalue weighted by atomic mass is 32.2. The smallest absolute Gasteiger partial charge is 0.283 e. The number of carbonyl (C=O) groups is 1. The number of sulfonamides is 1. The second-order valence-corrected chi connectivity index (χ2v) is 12.9. The molecule has 0 aliphatic carbocycles. The lowest BCUT2D eigenvalue weighted by Crippen LogP contribution is -2.57. The van der Waals surface area contributed by atoms with E-state index in [1.54, 1.807) is 29.2 Å². The lowest BCUT2D eigenvalue weighted by Gasteiger charge is -2.40. The number of H-pyrrole nitrogens is 2. The van der Waals surface area contributed by atoms with E-state index in [2.05, 4.69) is 48.0 Å². The molecule has 6 N–H and O–H groups in total. The van der Waals surface area contributed by atoms with Crippen molar-refractivity contribution in [2.24, 2.45) is 10.9 Å². The van der Waals surface area contributed by atoms with Gasteiger partial charge in [0.25, 0.3) is 15.9 Å². The molecular weight excluding hydrogens is 558 g/mol. The van der Waals surface area contributed by atoms with Crippen molar-refractivity contribution in [1.29, 1.82) is 0 Å². The second-order valence-electron chi connectivity index (χ2n) is 9.86. The van der Waals surface area contributed by atoms with Crippen LogP contribution in [0.5, 0.6) is 0 Å². The number of nitrogens with zero attached hydrogens (tertiary/aromatic N) is 7. The molecule has 3 aromatic heterocycles. The van der Waals surface area contributed by atoms with Crippen molar-refractivity contribution in [3.05, 3.63) is 51.2 Å². The van der Waals surface area contributed by atoms with Gasteiger partial charge in [-0.2, -0.15) is 4.31 Å². The Morgan fingerprint density at radius 3 is 2.92 bits per heavy atom. The molecule has 1 fully saturated rings. The Labute approximate surface area is 232 Å². The number of amidine groups is 1. The molecule has 0 radical (unpaired) electrons. The summed E-state index contributed by atoms with van der Waals surface area (Å²) in [6.45, 7) is 3.08. The summed E-state index contributed by atoms with van der Waals surface area (Å²) < 4.78 is 28.8. The highest BCUT2D eigenvalue weighted by molar-refractivity contribution is 7.89. The van der Waals surface area contributed by atoms with Gasteiger partial charge in [-0.05, 0) is 29.5 Å². The third kappa shape index (κ3) is 4.80. The summed E-state index contributed by atoms with van der Waals surface area (Å²) in [6.07, 6.45) is 0.994. The number of amides is 1. The third-order valence-corrected chi connectivity index (χ3v) is 10.1. The van der Waals surface area contributed by atoms with Crippen LogP contribution in [0.2, 0.25) is 0 Å². The lowest BCUT2D eigenvalue weighted by molar-refractivity contribution is 0.0561. The first kappa shape index (κ1) is 26.3. The van der Waals surface area contributed by atoms with Gasteiger partial charge in [-0.3, -0.25) is 4.79 Å². The van der Waals surface area contributed by atoms with Gasteiger partial charge in [-0.1, -0.05) is 17.3 Å². The van der Waals surface area contributed by atoms with Gasteiger partial charge in [0.05, 0.1) is 11.7 Å². The number of tetrazole rings is 1. The summed E-state index contributed by atoms with van der Waals surface area (Å²) >= 11 is 1.38. The minimum absolute atomic E-state index is 0.00763. The maximum atomic E-state index is 13.7. The van der Waals surface area contributed by atoms with E-state index in [-0.39, 0.29) is 48.9 Å². The molecule has 1 amide bonds. The highest BCUT2D eigenvalue weighted by Gasteiger charge is 2.39. The molecule has 2 atom stereocenters. The van der Waals surface area contributed by atoms with Gasteiger partial charge in [0.2, 0.25) is 0 Å². The van der Waals surface area contributed by atoms with Crippen LogP contribution < -0.4 is 11.1 Å². The van der Waals surface area contributed by atoms with E-state index >= 15 is 0 Å². The first-order valence-electron chi connectivity index (χ1n) is 12.6. The topological polar surface area (TPSA) is 211 Å². The fourth-order valence-electron chi connectivity index (χ4n) is 5.10. The third-order valence-electron chi connectivity index (χ3n) is 7.22. The summed E-state index contributed by atoms with van der Waals surface area (Å²) in [5.74, 6) is 0.126. The van der Waals surface area contributed by atoms with E-state index in [0.717, 1.165) is 17.0 Å². The van der Waals surface area contributed by atoms with Gasteiger partial charge in [-0.15, -0.1) is 16.4 Å². The number of aromatic amines is 2. The van der Waals surface area contributed by atoms with E-state index < -0.39 is 16.1 Å². The zero-order chi connectivity index (χ0) is 28.0. The number of thiazole rings is 1. The van der Waals surface area contributed by atoms with E-state index in [1.807, 2.05) is 0 Å². The van der Waals surface area contributed by atoms with E-state index in [1.165, 1.54) is 15.6 Å². The molecule has 0 spiro atoms. The van der Waals surface area contributed by atoms with Crippen molar-refractivity contribution >= 4 is 44.0 Å². The molecule has 6 rings (SSSR count). The van der Waals surface area contributed by atoms with Crippen LogP contribution in [0.1, 0.15) is 38.7 Å². The molecule has 1 aromatic carbocycles. The van der Waals surface area contributed by atoms with Gasteiger partial charge in [-0.25, -0.2) is 18.5 Å².